The van der Waals surface area contributed by atoms with Gasteiger partial charge in [-0.2, -0.15) is 13.2 Å². The SMILES string of the molecule is CCOC(=O)C(CCc1ccccc1)N[C@@H](CCCCNC(=O)C(F)(F)F)C(=O)N1CCC[C@H]1C(=O)O. The molecule has 0 bridgehead atoms. The minimum atomic E-state index is -4.98. The number of nitrogens with one attached hydrogen (secondary N) is 2. The first kappa shape index (κ1) is 30.1. The van der Waals surface area contributed by atoms with Crippen molar-refractivity contribution in [2.45, 2.75) is 76.2 Å². The number of halogens is 3. The number of hydrogen-bond donors (Lipinski definition) is 3. The van der Waals surface area contributed by atoms with E-state index in [1.54, 1.807) is 12.2 Å². The number of carbonyl (C=O) groups is 4. The summed E-state index contributed by atoms with van der Waals surface area (Å²) in [6, 6.07) is 6.62. The van der Waals surface area contributed by atoms with Crippen molar-refractivity contribution in [2.24, 2.45) is 0 Å². The standard InChI is InChI=1S/C25H34F3N3O6/c1-2-37-23(35)19(14-13-17-9-4-3-5-10-17)30-18(11-6-7-15-29-24(36)25(26,27)28)21(32)31-16-8-12-20(31)22(33)34/h3-5,9-10,18-20,30H,2,6-8,11-16H2,1H3,(H,29,36)(H,33,34)/t18-,19?,20-/m0/s1. The molecule has 37 heavy (non-hydrogen) atoms. The van der Waals surface area contributed by atoms with E-state index in [0.29, 0.717) is 25.7 Å². The fourth-order valence-electron chi connectivity index (χ4n) is 4.25. The second kappa shape index (κ2) is 14.6. The lowest BCUT2D eigenvalue weighted by Gasteiger charge is -2.30. The first-order valence-electron chi connectivity index (χ1n) is 12.4. The maximum atomic E-state index is 13.4. The van der Waals surface area contributed by atoms with Gasteiger partial charge in [0.25, 0.3) is 0 Å². The van der Waals surface area contributed by atoms with Crippen LogP contribution in [-0.2, 0) is 30.3 Å². The maximum absolute atomic E-state index is 13.4. The molecule has 9 nitrogen and oxygen atoms in total. The van der Waals surface area contributed by atoms with Crippen LogP contribution in [-0.4, -0.2) is 77.8 Å². The molecular weight excluding hydrogens is 495 g/mol. The lowest BCUT2D eigenvalue weighted by molar-refractivity contribution is -0.173. The molecular formula is C25H34F3N3O6. The van der Waals surface area contributed by atoms with Crippen molar-refractivity contribution in [1.29, 1.82) is 0 Å². The Morgan fingerprint density at radius 3 is 2.43 bits per heavy atom. The zero-order chi connectivity index (χ0) is 27.4. The Morgan fingerprint density at radius 1 is 1.11 bits per heavy atom. The predicted molar refractivity (Wildman–Crippen MR) is 127 cm³/mol. The van der Waals surface area contributed by atoms with Crippen LogP contribution >= 0.6 is 0 Å². The highest BCUT2D eigenvalue weighted by atomic mass is 19.4. The van der Waals surface area contributed by atoms with Crippen LogP contribution in [0.4, 0.5) is 13.2 Å². The molecule has 1 saturated heterocycles. The number of aliphatic carboxylic acids is 1. The number of amides is 2. The molecule has 2 amide bonds. The number of esters is 1. The second-order valence-electron chi connectivity index (χ2n) is 8.83. The molecule has 1 fully saturated rings. The Balaban J connectivity index is 2.11. The van der Waals surface area contributed by atoms with Crippen molar-refractivity contribution in [3.63, 3.8) is 0 Å². The van der Waals surface area contributed by atoms with Crippen molar-refractivity contribution in [1.82, 2.24) is 15.5 Å². The predicted octanol–water partition coefficient (Wildman–Crippen LogP) is 2.43. The zero-order valence-corrected chi connectivity index (χ0v) is 20.8. The van der Waals surface area contributed by atoms with Gasteiger partial charge in [0, 0.05) is 13.1 Å². The summed E-state index contributed by atoms with van der Waals surface area (Å²) >= 11 is 0. The Morgan fingerprint density at radius 2 is 1.81 bits per heavy atom. The number of alkyl halides is 3. The topological polar surface area (TPSA) is 125 Å². The molecule has 0 aromatic heterocycles. The largest absolute Gasteiger partial charge is 0.480 e. The van der Waals surface area contributed by atoms with Crippen molar-refractivity contribution < 1.29 is 42.2 Å². The van der Waals surface area contributed by atoms with Crippen LogP contribution in [0.15, 0.2) is 30.3 Å². The maximum Gasteiger partial charge on any atom is 0.471 e. The summed E-state index contributed by atoms with van der Waals surface area (Å²) in [5.41, 5.74) is 0.979. The summed E-state index contributed by atoms with van der Waals surface area (Å²) in [5, 5.41) is 14.3. The van der Waals surface area contributed by atoms with Crippen molar-refractivity contribution in [2.75, 3.05) is 19.7 Å². The van der Waals surface area contributed by atoms with E-state index in [1.807, 2.05) is 30.3 Å². The number of aryl methyl sites for hydroxylation is 1. The molecule has 1 aliphatic rings. The minimum Gasteiger partial charge on any atom is -0.480 e. The van der Waals surface area contributed by atoms with E-state index >= 15 is 0 Å². The Hall–Kier alpha value is -3.15. The van der Waals surface area contributed by atoms with Gasteiger partial charge < -0.3 is 20.1 Å². The quantitative estimate of drug-likeness (QED) is 0.250. The van der Waals surface area contributed by atoms with Gasteiger partial charge in [-0.15, -0.1) is 0 Å². The summed E-state index contributed by atoms with van der Waals surface area (Å²) in [4.78, 5) is 50.0. The molecule has 1 aliphatic heterocycles. The second-order valence-corrected chi connectivity index (χ2v) is 8.83. The van der Waals surface area contributed by atoms with Crippen molar-refractivity contribution >= 4 is 23.8 Å². The minimum absolute atomic E-state index is 0.130. The summed E-state index contributed by atoms with van der Waals surface area (Å²) in [5.74, 6) is -4.20. The lowest BCUT2D eigenvalue weighted by Crippen LogP contribution is -2.54. The Bertz CT molecular complexity index is 913. The Labute approximate surface area is 213 Å². The number of carbonyl (C=O) groups excluding carboxylic acids is 3. The number of rotatable bonds is 14. The van der Waals surface area contributed by atoms with Gasteiger partial charge in [-0.1, -0.05) is 30.3 Å². The Kier molecular flexibility index (Phi) is 11.8. The first-order valence-corrected chi connectivity index (χ1v) is 12.4. The van der Waals surface area contributed by atoms with E-state index in [1.165, 1.54) is 4.90 Å². The van der Waals surface area contributed by atoms with Crippen LogP contribution in [0.3, 0.4) is 0 Å². The number of ether oxygens (including phenoxy) is 1. The lowest BCUT2D eigenvalue weighted by atomic mass is 10.0. The van der Waals surface area contributed by atoms with Crippen molar-refractivity contribution in [3.8, 4) is 0 Å². The number of likely N-dealkylation sites (tertiary alicyclic amines) is 1. The van der Waals surface area contributed by atoms with Crippen LogP contribution in [0.5, 0.6) is 0 Å². The van der Waals surface area contributed by atoms with Crippen LogP contribution in [0.25, 0.3) is 0 Å². The van der Waals surface area contributed by atoms with E-state index in [0.717, 1.165) is 5.56 Å². The molecule has 1 aromatic rings. The molecule has 2 rings (SSSR count). The summed E-state index contributed by atoms with van der Waals surface area (Å²) in [6.07, 6.45) is -2.77. The third kappa shape index (κ3) is 9.67. The number of unbranched alkanes of at least 4 members (excludes halogenated alkanes) is 1. The molecule has 3 atom stereocenters. The molecule has 12 heteroatoms. The number of hydrogen-bond acceptors (Lipinski definition) is 6. The summed E-state index contributed by atoms with van der Waals surface area (Å²) in [6.45, 7) is 1.80. The van der Waals surface area contributed by atoms with Gasteiger partial charge in [0.05, 0.1) is 12.6 Å². The molecule has 1 aromatic carbocycles. The average molecular weight is 530 g/mol. The summed E-state index contributed by atoms with van der Waals surface area (Å²) < 4.78 is 42.3. The van der Waals surface area contributed by atoms with E-state index < -0.39 is 48.1 Å². The van der Waals surface area contributed by atoms with Gasteiger partial charge in [0.15, 0.2) is 0 Å². The smallest absolute Gasteiger partial charge is 0.471 e. The van der Waals surface area contributed by atoms with Gasteiger partial charge in [-0.3, -0.25) is 19.7 Å². The molecule has 0 radical (unpaired) electrons. The van der Waals surface area contributed by atoms with Crippen LogP contribution < -0.4 is 10.6 Å². The third-order valence-corrected chi connectivity index (χ3v) is 6.12. The first-order chi connectivity index (χ1) is 17.5. The fraction of sp³-hybridized carbons (Fsp3) is 0.600. The monoisotopic (exact) mass is 529 g/mol. The molecule has 1 heterocycles. The number of carboxylic acid groups (broad SMARTS) is 1. The normalized spacial score (nSPS) is 17.2. The van der Waals surface area contributed by atoms with E-state index in [4.69, 9.17) is 4.74 Å². The highest BCUT2D eigenvalue weighted by Crippen LogP contribution is 2.21. The van der Waals surface area contributed by atoms with Crippen LogP contribution in [0.1, 0.15) is 51.0 Å². The fourth-order valence-corrected chi connectivity index (χ4v) is 4.25. The highest BCUT2D eigenvalue weighted by molar-refractivity contribution is 5.88. The zero-order valence-electron chi connectivity index (χ0n) is 20.8. The van der Waals surface area contributed by atoms with Gasteiger partial charge in [0.1, 0.15) is 12.1 Å². The molecule has 206 valence electrons. The molecule has 0 aliphatic carbocycles. The van der Waals surface area contributed by atoms with Gasteiger partial charge in [0.2, 0.25) is 5.91 Å². The molecule has 0 saturated carbocycles. The van der Waals surface area contributed by atoms with Gasteiger partial charge in [-0.25, -0.2) is 4.79 Å². The summed E-state index contributed by atoms with van der Waals surface area (Å²) in [7, 11) is 0. The van der Waals surface area contributed by atoms with E-state index in [9.17, 15) is 37.5 Å². The van der Waals surface area contributed by atoms with Gasteiger partial charge in [-0.05, 0) is 57.4 Å². The highest BCUT2D eigenvalue weighted by Gasteiger charge is 2.39. The number of benzene rings is 1. The van der Waals surface area contributed by atoms with Crippen LogP contribution in [0.2, 0.25) is 0 Å². The van der Waals surface area contributed by atoms with E-state index in [2.05, 4.69) is 5.32 Å². The number of carboxylic acids is 1. The number of nitrogens with zero attached hydrogens (tertiary/aromatic N) is 1. The van der Waals surface area contributed by atoms with E-state index in [-0.39, 0.29) is 39.0 Å². The third-order valence-electron chi connectivity index (χ3n) is 6.12. The van der Waals surface area contributed by atoms with Crippen LogP contribution in [0, 0.1) is 0 Å². The molecule has 1 unspecified atom stereocenters. The average Bonchev–Trinajstić information content (AvgIpc) is 3.35. The van der Waals surface area contributed by atoms with Crippen molar-refractivity contribution in [3.05, 3.63) is 35.9 Å². The molecule has 0 spiro atoms. The van der Waals surface area contributed by atoms with Gasteiger partial charge >= 0.3 is 24.0 Å². The molecule has 3 N–H and O–H groups in total.